The Bertz CT molecular complexity index is 458. The van der Waals surface area contributed by atoms with Gasteiger partial charge in [0.05, 0.1) is 12.1 Å². The van der Waals surface area contributed by atoms with Crippen molar-refractivity contribution in [1.29, 1.82) is 0 Å². The summed E-state index contributed by atoms with van der Waals surface area (Å²) in [7, 11) is 1.81. The zero-order chi connectivity index (χ0) is 18.6. The zero-order valence-electron chi connectivity index (χ0n) is 16.9. The van der Waals surface area contributed by atoms with E-state index in [0.717, 1.165) is 57.3 Å². The Morgan fingerprint density at radius 3 is 2.44 bits per heavy atom. The summed E-state index contributed by atoms with van der Waals surface area (Å²) in [5.74, 6) is 2.06. The van der Waals surface area contributed by atoms with E-state index in [1.165, 1.54) is 0 Å². The summed E-state index contributed by atoms with van der Waals surface area (Å²) in [6.45, 7) is 14.5. The molecule has 2 atom stereocenters. The Kier molecular flexibility index (Phi) is 7.08. The summed E-state index contributed by atoms with van der Waals surface area (Å²) >= 11 is 2.04. The summed E-state index contributed by atoms with van der Waals surface area (Å²) in [4.78, 5) is 4.97. The summed E-state index contributed by atoms with van der Waals surface area (Å²) in [5.41, 5.74) is 0.00839. The molecule has 1 saturated heterocycles. The van der Waals surface area contributed by atoms with E-state index in [2.05, 4.69) is 45.3 Å². The van der Waals surface area contributed by atoms with Gasteiger partial charge in [-0.15, -0.1) is 0 Å². The largest absolute Gasteiger partial charge is 0.381 e. The van der Waals surface area contributed by atoms with Crippen LogP contribution >= 0.6 is 11.8 Å². The highest BCUT2D eigenvalue weighted by molar-refractivity contribution is 8.00. The average Bonchev–Trinajstić information content (AvgIpc) is 2.60. The molecule has 2 aliphatic rings. The molecule has 0 spiro atoms. The zero-order valence-corrected chi connectivity index (χ0v) is 17.7. The van der Waals surface area contributed by atoms with Crippen molar-refractivity contribution in [3.63, 3.8) is 0 Å². The molecule has 146 valence electrons. The number of rotatable bonds is 7. The van der Waals surface area contributed by atoms with Crippen molar-refractivity contribution in [2.24, 2.45) is 10.4 Å². The lowest BCUT2D eigenvalue weighted by Gasteiger charge is -2.59. The lowest BCUT2D eigenvalue weighted by atomic mass is 9.56. The second kappa shape index (κ2) is 8.49. The molecule has 2 rings (SSSR count). The first kappa shape index (κ1) is 20.8. The third-order valence-corrected chi connectivity index (χ3v) is 7.75. The van der Waals surface area contributed by atoms with Crippen molar-refractivity contribution in [2.75, 3.05) is 39.2 Å². The van der Waals surface area contributed by atoms with E-state index >= 15 is 0 Å². The molecule has 1 aliphatic heterocycles. The quantitative estimate of drug-likeness (QED) is 0.532. The Labute approximate surface area is 158 Å². The van der Waals surface area contributed by atoms with Crippen LogP contribution in [-0.4, -0.2) is 61.5 Å². The topological polar surface area (TPSA) is 54.9 Å². The van der Waals surface area contributed by atoms with Crippen LogP contribution in [0.4, 0.5) is 0 Å². The van der Waals surface area contributed by atoms with Crippen molar-refractivity contribution in [3.8, 4) is 0 Å². The van der Waals surface area contributed by atoms with Crippen molar-refractivity contribution in [1.82, 2.24) is 10.6 Å². The molecule has 6 heteroatoms. The van der Waals surface area contributed by atoms with E-state index in [1.807, 2.05) is 18.9 Å². The lowest BCUT2D eigenvalue weighted by Crippen LogP contribution is -2.69. The number of nitrogens with one attached hydrogen (secondary N) is 2. The second-order valence-electron chi connectivity index (χ2n) is 7.98. The number of nitrogens with zero attached hydrogens (tertiary/aromatic N) is 1. The predicted octanol–water partition coefficient (Wildman–Crippen LogP) is 3.05. The highest BCUT2D eigenvalue weighted by Gasteiger charge is 2.58. The molecule has 1 saturated carbocycles. The Morgan fingerprint density at radius 1 is 1.24 bits per heavy atom. The minimum Gasteiger partial charge on any atom is -0.381 e. The maximum atomic E-state index is 5.75. The lowest BCUT2D eigenvalue weighted by molar-refractivity contribution is -0.176. The van der Waals surface area contributed by atoms with E-state index in [-0.39, 0.29) is 15.8 Å². The first-order chi connectivity index (χ1) is 11.8. The van der Waals surface area contributed by atoms with Gasteiger partial charge in [0.1, 0.15) is 0 Å². The number of hydrogen-bond acceptors (Lipinski definition) is 4. The Balaban J connectivity index is 2.03. The predicted molar refractivity (Wildman–Crippen MR) is 108 cm³/mol. The van der Waals surface area contributed by atoms with Crippen molar-refractivity contribution in [3.05, 3.63) is 0 Å². The fourth-order valence-corrected chi connectivity index (χ4v) is 5.05. The van der Waals surface area contributed by atoms with Gasteiger partial charge in [0.2, 0.25) is 0 Å². The van der Waals surface area contributed by atoms with Gasteiger partial charge in [0.25, 0.3) is 0 Å². The van der Waals surface area contributed by atoms with Crippen LogP contribution in [-0.2, 0) is 9.47 Å². The van der Waals surface area contributed by atoms with Gasteiger partial charge in [0, 0.05) is 43.1 Å². The fourth-order valence-electron chi connectivity index (χ4n) is 3.83. The minimum absolute atomic E-state index is 0.0675. The molecule has 0 aromatic heterocycles. The van der Waals surface area contributed by atoms with E-state index in [4.69, 9.17) is 14.5 Å². The molecular formula is C19H37N3O2S. The number of ether oxygens (including phenoxy) is 2. The molecule has 0 bridgehead atoms. The van der Waals surface area contributed by atoms with Crippen molar-refractivity contribution in [2.45, 2.75) is 70.3 Å². The van der Waals surface area contributed by atoms with E-state index in [0.29, 0.717) is 6.04 Å². The third kappa shape index (κ3) is 4.45. The molecule has 25 heavy (non-hydrogen) atoms. The van der Waals surface area contributed by atoms with Gasteiger partial charge in [0.15, 0.2) is 5.96 Å². The van der Waals surface area contributed by atoms with Crippen LogP contribution in [0.2, 0.25) is 0 Å². The van der Waals surface area contributed by atoms with Gasteiger partial charge in [-0.1, -0.05) is 20.8 Å². The van der Waals surface area contributed by atoms with E-state index in [9.17, 15) is 0 Å². The van der Waals surface area contributed by atoms with Crippen LogP contribution in [0.5, 0.6) is 0 Å². The number of thioether (sulfide) groups is 1. The number of aliphatic imine (C=N–C) groups is 1. The molecule has 5 nitrogen and oxygen atoms in total. The highest BCUT2D eigenvalue weighted by Crippen LogP contribution is 2.51. The van der Waals surface area contributed by atoms with Gasteiger partial charge < -0.3 is 20.1 Å². The molecule has 1 aliphatic carbocycles. The maximum absolute atomic E-state index is 5.75. The average molecular weight is 372 g/mol. The molecule has 0 radical (unpaired) electrons. The second-order valence-corrected chi connectivity index (χ2v) is 9.71. The molecule has 2 unspecified atom stereocenters. The Morgan fingerprint density at radius 2 is 1.92 bits per heavy atom. The molecular weight excluding hydrogens is 334 g/mol. The van der Waals surface area contributed by atoms with Crippen LogP contribution in [0.15, 0.2) is 4.99 Å². The van der Waals surface area contributed by atoms with E-state index < -0.39 is 0 Å². The summed E-state index contributed by atoms with van der Waals surface area (Å²) in [5, 5.41) is 7.07. The Hall–Kier alpha value is -0.460. The number of hydrogen-bond donors (Lipinski definition) is 2. The van der Waals surface area contributed by atoms with Crippen LogP contribution in [0.3, 0.4) is 0 Å². The molecule has 2 fully saturated rings. The normalized spacial score (nSPS) is 31.3. The van der Waals surface area contributed by atoms with E-state index in [1.54, 1.807) is 0 Å². The maximum Gasteiger partial charge on any atom is 0.191 e. The van der Waals surface area contributed by atoms with Gasteiger partial charge in [-0.3, -0.25) is 4.99 Å². The van der Waals surface area contributed by atoms with Crippen molar-refractivity contribution >= 4 is 17.7 Å². The highest BCUT2D eigenvalue weighted by atomic mass is 32.2. The summed E-state index contributed by atoms with van der Waals surface area (Å²) in [6, 6.07) is 0.375. The fraction of sp³-hybridized carbons (Fsp3) is 0.947. The minimum atomic E-state index is -0.0675. The molecule has 1 heterocycles. The smallest absolute Gasteiger partial charge is 0.191 e. The van der Waals surface area contributed by atoms with Gasteiger partial charge in [-0.2, -0.15) is 11.8 Å². The molecule has 0 aromatic rings. The van der Waals surface area contributed by atoms with Gasteiger partial charge >= 0.3 is 0 Å². The van der Waals surface area contributed by atoms with Crippen LogP contribution < -0.4 is 10.6 Å². The molecule has 0 amide bonds. The van der Waals surface area contributed by atoms with Crippen LogP contribution in [0, 0.1) is 5.41 Å². The van der Waals surface area contributed by atoms with Gasteiger partial charge in [-0.05, 0) is 38.9 Å². The SMILES string of the molecule is CCNC(=NCC1(SCC)CCOCC1)NC1CC(C)(OC)C1(C)C. The standard InChI is InChI=1S/C19H37N3O2S/c1-7-20-16(22-15-13-18(5,23-6)17(15,3)4)21-14-19(25-8-2)9-11-24-12-10-19/h15H,7-14H2,1-6H3,(H2,20,21,22). The summed E-state index contributed by atoms with van der Waals surface area (Å²) in [6.07, 6.45) is 3.18. The first-order valence-electron chi connectivity index (χ1n) is 9.64. The molecule has 2 N–H and O–H groups in total. The van der Waals surface area contributed by atoms with Crippen LogP contribution in [0.25, 0.3) is 0 Å². The van der Waals surface area contributed by atoms with Crippen LogP contribution in [0.1, 0.15) is 53.9 Å². The van der Waals surface area contributed by atoms with Crippen molar-refractivity contribution < 1.29 is 9.47 Å². The monoisotopic (exact) mass is 371 g/mol. The third-order valence-electron chi connectivity index (χ3n) is 6.31. The molecule has 0 aromatic carbocycles. The number of methoxy groups -OCH3 is 1. The first-order valence-corrected chi connectivity index (χ1v) is 10.6. The number of guanidine groups is 1. The van der Waals surface area contributed by atoms with Gasteiger partial charge in [-0.25, -0.2) is 0 Å². The summed E-state index contributed by atoms with van der Waals surface area (Å²) < 4.78 is 11.5.